The molecule has 0 aliphatic carbocycles. The molecule has 7 nitrogen and oxygen atoms in total. The van der Waals surface area contributed by atoms with E-state index >= 15 is 0 Å². The van der Waals surface area contributed by atoms with Crippen LogP contribution >= 0.6 is 0 Å². The van der Waals surface area contributed by atoms with Crippen LogP contribution in [-0.2, 0) is 0 Å². The van der Waals surface area contributed by atoms with E-state index < -0.39 is 0 Å². The molecule has 0 amide bonds. The number of pyridine rings is 1. The van der Waals surface area contributed by atoms with E-state index in [-0.39, 0.29) is 5.56 Å². The zero-order chi connectivity index (χ0) is 21.8. The highest BCUT2D eigenvalue weighted by Crippen LogP contribution is 2.27. The number of nitrogens with one attached hydrogen (secondary N) is 2. The number of H-pyrrole nitrogens is 1. The lowest BCUT2D eigenvalue weighted by molar-refractivity contribution is 0.238. The maximum absolute atomic E-state index is 12.5. The van der Waals surface area contributed by atoms with Crippen LogP contribution in [0.4, 0.5) is 11.5 Å². The Balaban J connectivity index is 1.37. The highest BCUT2D eigenvalue weighted by atomic mass is 16.5. The van der Waals surface area contributed by atoms with Crippen molar-refractivity contribution in [1.82, 2.24) is 19.9 Å². The van der Waals surface area contributed by atoms with Crippen molar-refractivity contribution in [3.8, 4) is 17.0 Å². The van der Waals surface area contributed by atoms with Gasteiger partial charge in [0.25, 0.3) is 5.56 Å². The minimum Gasteiger partial charge on any atom is -0.492 e. The van der Waals surface area contributed by atoms with Gasteiger partial charge in [0, 0.05) is 17.8 Å². The Labute approximate surface area is 186 Å². The molecular formula is C25H25N5O2. The molecule has 0 saturated carbocycles. The second-order valence-corrected chi connectivity index (χ2v) is 7.89. The van der Waals surface area contributed by atoms with E-state index in [1.54, 1.807) is 0 Å². The van der Waals surface area contributed by atoms with E-state index in [1.807, 2.05) is 60.7 Å². The van der Waals surface area contributed by atoms with Gasteiger partial charge in [-0.15, -0.1) is 0 Å². The molecule has 1 aliphatic rings. The lowest BCUT2D eigenvalue weighted by Crippen LogP contribution is -2.25. The second-order valence-electron chi connectivity index (χ2n) is 7.89. The molecular weight excluding hydrogens is 402 g/mol. The van der Waals surface area contributed by atoms with Crippen molar-refractivity contribution in [2.45, 2.75) is 12.8 Å². The van der Waals surface area contributed by atoms with Gasteiger partial charge in [-0.05, 0) is 56.3 Å². The van der Waals surface area contributed by atoms with Crippen LogP contribution in [0, 0.1) is 0 Å². The fourth-order valence-electron chi connectivity index (χ4n) is 4.01. The fraction of sp³-hybridized carbons (Fsp3) is 0.240. The second kappa shape index (κ2) is 9.20. The minimum absolute atomic E-state index is 0.230. The van der Waals surface area contributed by atoms with Gasteiger partial charge in [0.2, 0.25) is 0 Å². The molecule has 1 saturated heterocycles. The molecule has 0 spiro atoms. The summed E-state index contributed by atoms with van der Waals surface area (Å²) in [6.07, 6.45) is 3.98. The average molecular weight is 428 g/mol. The van der Waals surface area contributed by atoms with E-state index in [9.17, 15) is 4.79 Å². The van der Waals surface area contributed by atoms with Crippen LogP contribution in [0.3, 0.4) is 0 Å². The van der Waals surface area contributed by atoms with Crippen LogP contribution in [0.1, 0.15) is 12.8 Å². The molecule has 1 fully saturated rings. The van der Waals surface area contributed by atoms with E-state index in [4.69, 9.17) is 9.72 Å². The summed E-state index contributed by atoms with van der Waals surface area (Å²) in [4.78, 5) is 26.7. The highest BCUT2D eigenvalue weighted by molar-refractivity contribution is 5.92. The zero-order valence-electron chi connectivity index (χ0n) is 17.8. The summed E-state index contributed by atoms with van der Waals surface area (Å²) in [5.41, 5.74) is 2.89. The Hall–Kier alpha value is -3.71. The SMILES string of the molecule is O=c1[nH]cnc2cc(-c3ccccc3)nc(Nc3ccc(OCCN4CCCC4)cc3)c12. The molecule has 5 rings (SSSR count). The van der Waals surface area contributed by atoms with Gasteiger partial charge < -0.3 is 15.0 Å². The van der Waals surface area contributed by atoms with E-state index in [0.717, 1.165) is 29.2 Å². The molecule has 3 heterocycles. The zero-order valence-corrected chi connectivity index (χ0v) is 17.8. The maximum atomic E-state index is 12.5. The molecule has 4 aromatic rings. The number of ether oxygens (including phenoxy) is 1. The van der Waals surface area contributed by atoms with Crippen molar-refractivity contribution in [1.29, 1.82) is 0 Å². The van der Waals surface area contributed by atoms with Gasteiger partial charge in [0.05, 0.1) is 17.5 Å². The van der Waals surface area contributed by atoms with Crippen LogP contribution in [0.25, 0.3) is 22.2 Å². The predicted molar refractivity (Wildman–Crippen MR) is 126 cm³/mol. The highest BCUT2D eigenvalue weighted by Gasteiger charge is 2.13. The van der Waals surface area contributed by atoms with Crippen molar-refractivity contribution in [3.05, 3.63) is 77.3 Å². The van der Waals surface area contributed by atoms with Crippen LogP contribution in [-0.4, -0.2) is 46.1 Å². The predicted octanol–water partition coefficient (Wildman–Crippen LogP) is 4.20. The lowest BCUT2D eigenvalue weighted by atomic mass is 10.1. The van der Waals surface area contributed by atoms with E-state index in [2.05, 4.69) is 20.2 Å². The topological polar surface area (TPSA) is 83.1 Å². The largest absolute Gasteiger partial charge is 0.492 e. The van der Waals surface area contributed by atoms with Crippen molar-refractivity contribution in [3.63, 3.8) is 0 Å². The van der Waals surface area contributed by atoms with Gasteiger partial charge in [-0.2, -0.15) is 0 Å². The Morgan fingerprint density at radius 2 is 1.81 bits per heavy atom. The molecule has 162 valence electrons. The number of aromatic nitrogens is 3. The third-order valence-electron chi connectivity index (χ3n) is 5.69. The summed E-state index contributed by atoms with van der Waals surface area (Å²) in [6.45, 7) is 3.98. The van der Waals surface area contributed by atoms with Crippen LogP contribution in [0.5, 0.6) is 5.75 Å². The Kier molecular flexibility index (Phi) is 5.81. The van der Waals surface area contributed by atoms with E-state index in [0.29, 0.717) is 23.3 Å². The first-order valence-electron chi connectivity index (χ1n) is 10.9. The van der Waals surface area contributed by atoms with Crippen molar-refractivity contribution >= 4 is 22.4 Å². The first-order valence-corrected chi connectivity index (χ1v) is 10.9. The Morgan fingerprint density at radius 3 is 2.59 bits per heavy atom. The van der Waals surface area contributed by atoms with E-state index in [1.165, 1.54) is 32.3 Å². The third kappa shape index (κ3) is 4.48. The molecule has 0 unspecified atom stereocenters. The standard InChI is InChI=1S/C25H25N5O2/c31-25-23-22(26-17-27-25)16-21(18-6-2-1-3-7-18)29-24(23)28-19-8-10-20(11-9-19)32-15-14-30-12-4-5-13-30/h1-3,6-11,16-17H,4-5,12-15H2,(H,28,29)(H,26,27,31). The summed E-state index contributed by atoms with van der Waals surface area (Å²) in [5.74, 6) is 1.29. The number of benzene rings is 2. The molecule has 2 aromatic heterocycles. The molecule has 0 bridgehead atoms. The molecule has 7 heteroatoms. The number of likely N-dealkylation sites (tertiary alicyclic amines) is 1. The first-order chi connectivity index (χ1) is 15.8. The number of hydrogen-bond acceptors (Lipinski definition) is 6. The molecule has 32 heavy (non-hydrogen) atoms. The maximum Gasteiger partial charge on any atom is 0.262 e. The van der Waals surface area contributed by atoms with Gasteiger partial charge in [0.15, 0.2) is 0 Å². The lowest BCUT2D eigenvalue weighted by Gasteiger charge is -2.15. The van der Waals surface area contributed by atoms with Crippen LogP contribution in [0.15, 0.2) is 71.8 Å². The van der Waals surface area contributed by atoms with Gasteiger partial charge in [-0.1, -0.05) is 30.3 Å². The van der Waals surface area contributed by atoms with Crippen LogP contribution in [0.2, 0.25) is 0 Å². The van der Waals surface area contributed by atoms with Crippen molar-refractivity contribution in [2.24, 2.45) is 0 Å². The number of fused-ring (bicyclic) bond motifs is 1. The number of aromatic amines is 1. The number of nitrogens with zero attached hydrogens (tertiary/aromatic N) is 3. The smallest absolute Gasteiger partial charge is 0.262 e. The monoisotopic (exact) mass is 427 g/mol. The number of hydrogen-bond donors (Lipinski definition) is 2. The quantitative estimate of drug-likeness (QED) is 0.460. The molecule has 1 aliphatic heterocycles. The summed E-state index contributed by atoms with van der Waals surface area (Å²) in [5, 5.41) is 3.72. The number of anilines is 2. The van der Waals surface area contributed by atoms with Crippen molar-refractivity contribution < 1.29 is 4.74 Å². The van der Waals surface area contributed by atoms with Gasteiger partial charge in [-0.3, -0.25) is 9.69 Å². The van der Waals surface area contributed by atoms with Crippen molar-refractivity contribution in [2.75, 3.05) is 31.6 Å². The minimum atomic E-state index is -0.230. The summed E-state index contributed by atoms with van der Waals surface area (Å²) in [7, 11) is 0. The van der Waals surface area contributed by atoms with Gasteiger partial charge in [-0.25, -0.2) is 9.97 Å². The number of rotatable bonds is 7. The molecule has 0 radical (unpaired) electrons. The molecule has 2 N–H and O–H groups in total. The van der Waals surface area contributed by atoms with Gasteiger partial charge in [0.1, 0.15) is 23.6 Å². The fourth-order valence-corrected chi connectivity index (χ4v) is 4.01. The third-order valence-corrected chi connectivity index (χ3v) is 5.69. The van der Waals surface area contributed by atoms with Crippen LogP contribution < -0.4 is 15.6 Å². The first kappa shape index (κ1) is 20.2. The molecule has 2 aromatic carbocycles. The Morgan fingerprint density at radius 1 is 1.03 bits per heavy atom. The summed E-state index contributed by atoms with van der Waals surface area (Å²) in [6, 6.07) is 19.4. The average Bonchev–Trinajstić information content (AvgIpc) is 3.34. The summed E-state index contributed by atoms with van der Waals surface area (Å²) >= 11 is 0. The Bertz CT molecular complexity index is 1250. The van der Waals surface area contributed by atoms with Gasteiger partial charge >= 0.3 is 0 Å². The normalized spacial score (nSPS) is 14.0. The summed E-state index contributed by atoms with van der Waals surface area (Å²) < 4.78 is 5.89. The molecule has 0 atom stereocenters.